The van der Waals surface area contributed by atoms with Crippen LogP contribution in [0.3, 0.4) is 0 Å². The van der Waals surface area contributed by atoms with Gasteiger partial charge in [-0.25, -0.2) is 4.79 Å². The predicted octanol–water partition coefficient (Wildman–Crippen LogP) is 2.68. The zero-order valence-corrected chi connectivity index (χ0v) is 14.6. The van der Waals surface area contributed by atoms with Crippen LogP contribution in [0.25, 0.3) is 0 Å². The van der Waals surface area contributed by atoms with Crippen LogP contribution in [0.1, 0.15) is 45.4 Å². The van der Waals surface area contributed by atoms with Crippen LogP contribution in [0.2, 0.25) is 0 Å². The van der Waals surface area contributed by atoms with Gasteiger partial charge in [0, 0.05) is 24.7 Å². The van der Waals surface area contributed by atoms with E-state index in [4.69, 9.17) is 0 Å². The van der Waals surface area contributed by atoms with Crippen LogP contribution in [0, 0.1) is 0 Å². The summed E-state index contributed by atoms with van der Waals surface area (Å²) in [6, 6.07) is 8.49. The van der Waals surface area contributed by atoms with E-state index in [-0.39, 0.29) is 36.9 Å². The van der Waals surface area contributed by atoms with E-state index in [1.165, 1.54) is 16.2 Å². The van der Waals surface area contributed by atoms with E-state index in [2.05, 4.69) is 5.32 Å². The van der Waals surface area contributed by atoms with Crippen LogP contribution in [0.15, 0.2) is 30.3 Å². The van der Waals surface area contributed by atoms with Crippen molar-refractivity contribution in [3.05, 3.63) is 30.3 Å². The third kappa shape index (κ3) is 3.83. The maximum atomic E-state index is 12.6. The van der Waals surface area contributed by atoms with E-state index < -0.39 is 6.04 Å². The second kappa shape index (κ2) is 7.68. The Morgan fingerprint density at radius 1 is 1.12 bits per heavy atom. The van der Waals surface area contributed by atoms with Gasteiger partial charge in [-0.05, 0) is 31.9 Å². The molecular weight excluding hydrogens is 318 g/mol. The highest BCUT2D eigenvalue weighted by Gasteiger charge is 2.43. The summed E-state index contributed by atoms with van der Waals surface area (Å²) >= 11 is 0. The first-order chi connectivity index (χ1) is 12.1. The Morgan fingerprint density at radius 3 is 2.48 bits per heavy atom. The van der Waals surface area contributed by atoms with E-state index in [0.29, 0.717) is 5.69 Å². The number of nitrogens with one attached hydrogen (secondary N) is 1. The van der Waals surface area contributed by atoms with Crippen molar-refractivity contribution in [3.8, 4) is 0 Å². The number of benzene rings is 1. The Morgan fingerprint density at radius 2 is 1.80 bits per heavy atom. The molecule has 0 radical (unpaired) electrons. The predicted molar refractivity (Wildman–Crippen MR) is 95.1 cm³/mol. The Labute approximate surface area is 148 Å². The van der Waals surface area contributed by atoms with Crippen molar-refractivity contribution in [1.29, 1.82) is 0 Å². The van der Waals surface area contributed by atoms with Crippen molar-refractivity contribution < 1.29 is 14.4 Å². The number of hydrogen-bond acceptors (Lipinski definition) is 3. The molecule has 3 rings (SSSR count). The fraction of sp³-hybridized carbons (Fsp3) is 0.526. The highest BCUT2D eigenvalue weighted by Crippen LogP contribution is 2.25. The van der Waals surface area contributed by atoms with Crippen LogP contribution in [0.5, 0.6) is 0 Å². The van der Waals surface area contributed by atoms with E-state index in [0.717, 1.165) is 25.7 Å². The number of amides is 4. The van der Waals surface area contributed by atoms with Gasteiger partial charge >= 0.3 is 6.03 Å². The Kier molecular flexibility index (Phi) is 5.36. The summed E-state index contributed by atoms with van der Waals surface area (Å²) in [7, 11) is 0. The fourth-order valence-corrected chi connectivity index (χ4v) is 3.61. The van der Waals surface area contributed by atoms with E-state index >= 15 is 0 Å². The first-order valence-electron chi connectivity index (χ1n) is 9.07. The molecule has 0 bridgehead atoms. The molecule has 1 saturated carbocycles. The van der Waals surface area contributed by atoms with Gasteiger partial charge in [0.1, 0.15) is 6.04 Å². The number of anilines is 1. The number of imide groups is 1. The van der Waals surface area contributed by atoms with Crippen LogP contribution < -0.4 is 10.2 Å². The maximum Gasteiger partial charge on any atom is 0.331 e. The minimum absolute atomic E-state index is 0.0849. The first kappa shape index (κ1) is 17.5. The number of nitrogens with zero attached hydrogens (tertiary/aromatic N) is 2. The SMILES string of the molecule is CC1C(=O)N(CCC(=O)NC2CCCCC2)C(=O)N1c1ccccc1. The normalized spacial score (nSPS) is 21.7. The minimum atomic E-state index is -0.545. The number of para-hydroxylation sites is 1. The third-order valence-corrected chi connectivity index (χ3v) is 5.01. The summed E-state index contributed by atoms with van der Waals surface area (Å²) in [5, 5.41) is 3.02. The lowest BCUT2D eigenvalue weighted by atomic mass is 9.95. The molecule has 134 valence electrons. The van der Waals surface area contributed by atoms with Crippen molar-refractivity contribution in [2.45, 2.75) is 57.5 Å². The largest absolute Gasteiger partial charge is 0.353 e. The summed E-state index contributed by atoms with van der Waals surface area (Å²) in [6.07, 6.45) is 5.73. The van der Waals surface area contributed by atoms with Crippen LogP contribution in [-0.2, 0) is 9.59 Å². The summed E-state index contributed by atoms with van der Waals surface area (Å²) in [5.41, 5.74) is 0.697. The molecule has 1 heterocycles. The molecule has 1 atom stereocenters. The van der Waals surface area contributed by atoms with Crippen LogP contribution in [-0.4, -0.2) is 41.4 Å². The summed E-state index contributed by atoms with van der Waals surface area (Å²) in [6.45, 7) is 1.85. The zero-order valence-electron chi connectivity index (χ0n) is 14.6. The molecule has 1 unspecified atom stereocenters. The lowest BCUT2D eigenvalue weighted by molar-refractivity contribution is -0.127. The van der Waals surface area contributed by atoms with Crippen molar-refractivity contribution in [2.24, 2.45) is 0 Å². The summed E-state index contributed by atoms with van der Waals surface area (Å²) in [5.74, 6) is -0.336. The quantitative estimate of drug-likeness (QED) is 0.836. The van der Waals surface area contributed by atoms with E-state index in [9.17, 15) is 14.4 Å². The first-order valence-corrected chi connectivity index (χ1v) is 9.07. The average molecular weight is 343 g/mol. The molecule has 1 N–H and O–H groups in total. The Hall–Kier alpha value is -2.37. The molecule has 1 aliphatic carbocycles. The monoisotopic (exact) mass is 343 g/mol. The molecule has 1 aromatic rings. The molecule has 2 fully saturated rings. The van der Waals surface area contributed by atoms with Crippen molar-refractivity contribution in [2.75, 3.05) is 11.4 Å². The van der Waals surface area contributed by atoms with Gasteiger partial charge < -0.3 is 5.32 Å². The molecule has 1 aromatic carbocycles. The lowest BCUT2D eigenvalue weighted by Crippen LogP contribution is -2.40. The molecule has 6 nitrogen and oxygen atoms in total. The third-order valence-electron chi connectivity index (χ3n) is 5.01. The van der Waals surface area contributed by atoms with Gasteiger partial charge in [0.25, 0.3) is 5.91 Å². The topological polar surface area (TPSA) is 69.7 Å². The molecule has 2 aliphatic rings. The van der Waals surface area contributed by atoms with Crippen LogP contribution >= 0.6 is 0 Å². The maximum absolute atomic E-state index is 12.6. The van der Waals surface area contributed by atoms with Gasteiger partial charge in [-0.1, -0.05) is 37.5 Å². The summed E-state index contributed by atoms with van der Waals surface area (Å²) in [4.78, 5) is 39.9. The molecule has 6 heteroatoms. The number of carbonyl (C=O) groups excluding carboxylic acids is 3. The van der Waals surface area contributed by atoms with Gasteiger partial charge in [-0.15, -0.1) is 0 Å². The van der Waals surface area contributed by atoms with Gasteiger partial charge in [0.05, 0.1) is 0 Å². The molecule has 25 heavy (non-hydrogen) atoms. The Bertz CT molecular complexity index is 641. The standard InChI is InChI=1S/C19H25N3O3/c1-14-18(24)21(19(25)22(14)16-10-6-3-7-11-16)13-12-17(23)20-15-8-4-2-5-9-15/h3,6-7,10-11,14-15H,2,4-5,8-9,12-13H2,1H3,(H,20,23). The van der Waals surface area contributed by atoms with Gasteiger partial charge in [-0.3, -0.25) is 19.4 Å². The van der Waals surface area contributed by atoms with Gasteiger partial charge in [-0.2, -0.15) is 0 Å². The minimum Gasteiger partial charge on any atom is -0.353 e. The molecule has 1 aliphatic heterocycles. The van der Waals surface area contributed by atoms with Crippen LogP contribution in [0.4, 0.5) is 10.5 Å². The van der Waals surface area contributed by atoms with Gasteiger partial charge in [0.2, 0.25) is 5.91 Å². The molecule has 4 amide bonds. The fourth-order valence-electron chi connectivity index (χ4n) is 3.61. The highest BCUT2D eigenvalue weighted by molar-refractivity contribution is 6.14. The number of carbonyl (C=O) groups is 3. The molecule has 0 aromatic heterocycles. The molecular formula is C19H25N3O3. The van der Waals surface area contributed by atoms with Crippen molar-refractivity contribution >= 4 is 23.5 Å². The van der Waals surface area contributed by atoms with Gasteiger partial charge in [0.15, 0.2) is 0 Å². The number of urea groups is 1. The highest BCUT2D eigenvalue weighted by atomic mass is 16.2. The number of hydrogen-bond donors (Lipinski definition) is 1. The van der Waals surface area contributed by atoms with Crippen molar-refractivity contribution in [3.63, 3.8) is 0 Å². The molecule has 1 saturated heterocycles. The van der Waals surface area contributed by atoms with Crippen molar-refractivity contribution in [1.82, 2.24) is 10.2 Å². The second-order valence-corrected chi connectivity index (χ2v) is 6.81. The average Bonchev–Trinajstić information content (AvgIpc) is 2.84. The smallest absolute Gasteiger partial charge is 0.331 e. The molecule has 0 spiro atoms. The Balaban J connectivity index is 1.58. The van der Waals surface area contributed by atoms with E-state index in [1.807, 2.05) is 18.2 Å². The van der Waals surface area contributed by atoms with E-state index in [1.54, 1.807) is 19.1 Å². The summed E-state index contributed by atoms with van der Waals surface area (Å²) < 4.78 is 0. The zero-order chi connectivity index (χ0) is 17.8. The number of rotatable bonds is 5. The lowest BCUT2D eigenvalue weighted by Gasteiger charge is -2.23. The second-order valence-electron chi connectivity index (χ2n) is 6.81.